The molecule has 2 aromatic carbocycles. The summed E-state index contributed by atoms with van der Waals surface area (Å²) >= 11 is 1.02. The fourth-order valence-corrected chi connectivity index (χ4v) is 7.06. The molecule has 1 N–H and O–H groups in total. The first kappa shape index (κ1) is 27.7. The third kappa shape index (κ3) is 4.99. The van der Waals surface area contributed by atoms with Crippen LogP contribution in [0.25, 0.3) is 11.6 Å². The van der Waals surface area contributed by atoms with E-state index in [1.165, 1.54) is 0 Å². The van der Waals surface area contributed by atoms with E-state index in [9.17, 15) is 18.0 Å². The highest BCUT2D eigenvalue weighted by Crippen LogP contribution is 2.57. The largest absolute Gasteiger partial charge is 0.402 e. The number of aliphatic imine (C=N–C) groups is 1. The van der Waals surface area contributed by atoms with Gasteiger partial charge in [0, 0.05) is 30.6 Å². The van der Waals surface area contributed by atoms with E-state index in [-0.39, 0.29) is 47.7 Å². The third-order valence-electron chi connectivity index (χ3n) is 8.20. The van der Waals surface area contributed by atoms with Crippen LogP contribution in [0.1, 0.15) is 41.0 Å². The molecule has 9 nitrogen and oxygen atoms in total. The topological polar surface area (TPSA) is 106 Å². The number of nitrogens with one attached hydrogen (secondary N) is 1. The van der Waals surface area contributed by atoms with Crippen LogP contribution >= 0.6 is 11.3 Å². The second-order valence-corrected chi connectivity index (χ2v) is 11.8. The Morgan fingerprint density at radius 1 is 1.00 bits per heavy atom. The fraction of sp³-hybridized carbons (Fsp3) is 0.367. The number of carbonyl (C=O) groups excluding carboxylic acids is 1. The van der Waals surface area contributed by atoms with Crippen LogP contribution < -0.4 is 10.2 Å². The van der Waals surface area contributed by atoms with Gasteiger partial charge in [0.05, 0.1) is 18.9 Å². The molecule has 13 heteroatoms. The SMILES string of the molecule is O=C1Cc2ccccc2C(c2ccccc2)=N[C@@H]1Nc1nnc(-c2nc(C3(C(F)(F)F)CCC3)sc2N2CCOCC2)o1. The van der Waals surface area contributed by atoms with Crippen LogP contribution in [0.3, 0.4) is 0 Å². The normalized spacial score (nSPS) is 20.2. The number of anilines is 2. The molecule has 4 heterocycles. The molecule has 1 saturated carbocycles. The summed E-state index contributed by atoms with van der Waals surface area (Å²) in [7, 11) is 0. The van der Waals surface area contributed by atoms with Crippen molar-refractivity contribution in [2.75, 3.05) is 36.5 Å². The first-order valence-electron chi connectivity index (χ1n) is 14.1. The Morgan fingerprint density at radius 3 is 2.47 bits per heavy atom. The second kappa shape index (κ2) is 10.9. The number of fused-ring (bicyclic) bond motifs is 1. The van der Waals surface area contributed by atoms with Gasteiger partial charge >= 0.3 is 12.2 Å². The molecule has 1 aliphatic carbocycles. The lowest BCUT2D eigenvalue weighted by Gasteiger charge is -2.41. The summed E-state index contributed by atoms with van der Waals surface area (Å²) < 4.78 is 54.1. The van der Waals surface area contributed by atoms with Gasteiger partial charge in [-0.25, -0.2) is 4.98 Å². The highest BCUT2D eigenvalue weighted by molar-refractivity contribution is 7.16. The number of thiazole rings is 1. The number of rotatable bonds is 6. The molecule has 43 heavy (non-hydrogen) atoms. The van der Waals surface area contributed by atoms with Crippen LogP contribution in [0.2, 0.25) is 0 Å². The molecule has 0 radical (unpaired) electrons. The van der Waals surface area contributed by atoms with Crippen LogP contribution in [0, 0.1) is 0 Å². The molecular formula is C30H27F3N6O3S. The third-order valence-corrected chi connectivity index (χ3v) is 9.52. The van der Waals surface area contributed by atoms with Gasteiger partial charge in [0.25, 0.3) is 5.89 Å². The molecule has 4 aromatic rings. The molecule has 3 aliphatic rings. The molecule has 222 valence electrons. The summed E-state index contributed by atoms with van der Waals surface area (Å²) in [6.45, 7) is 1.89. The van der Waals surface area contributed by atoms with E-state index in [1.54, 1.807) is 0 Å². The summed E-state index contributed by atoms with van der Waals surface area (Å²) in [4.78, 5) is 24.6. The number of hydrogen-bond donors (Lipinski definition) is 1. The Balaban J connectivity index is 1.23. The van der Waals surface area contributed by atoms with E-state index < -0.39 is 17.8 Å². The summed E-state index contributed by atoms with van der Waals surface area (Å²) in [6, 6.07) is 17.1. The number of Topliss-reactive ketones (excluding diaryl/α,β-unsaturated/α-hetero) is 1. The average molecular weight is 609 g/mol. The standard InChI is InChI=1S/C30H27F3N6O3S/c31-30(32,33)29(11-6-12-29)27-35-23(26(43-27)39-13-15-41-16-14-39)25-37-38-28(42-25)36-24-21(40)17-19-9-4-5-10-20(19)22(34-24)18-7-2-1-3-8-18/h1-5,7-10,24H,6,11-17H2,(H,36,38)/t24-/m1/s1. The highest BCUT2D eigenvalue weighted by atomic mass is 32.1. The Morgan fingerprint density at radius 2 is 1.74 bits per heavy atom. The van der Waals surface area contributed by atoms with Crippen molar-refractivity contribution >= 4 is 33.8 Å². The van der Waals surface area contributed by atoms with Crippen molar-refractivity contribution in [3.05, 3.63) is 76.3 Å². The number of halogens is 3. The molecule has 0 amide bonds. The Labute approximate surface area is 248 Å². The Kier molecular flexibility index (Phi) is 7.01. The summed E-state index contributed by atoms with van der Waals surface area (Å²) in [5, 5.41) is 11.7. The molecule has 7 rings (SSSR count). The van der Waals surface area contributed by atoms with Gasteiger partial charge in [-0.2, -0.15) is 13.2 Å². The highest BCUT2D eigenvalue weighted by Gasteiger charge is 2.61. The number of ether oxygens (including phenoxy) is 1. The molecule has 0 unspecified atom stereocenters. The predicted octanol–water partition coefficient (Wildman–Crippen LogP) is 5.41. The number of alkyl halides is 3. The zero-order chi connectivity index (χ0) is 29.6. The quantitative estimate of drug-likeness (QED) is 0.310. The molecule has 1 atom stereocenters. The lowest BCUT2D eigenvalue weighted by Crippen LogP contribution is -2.47. The van der Waals surface area contributed by atoms with Gasteiger partial charge in [0.2, 0.25) is 0 Å². The average Bonchev–Trinajstić information content (AvgIpc) is 3.60. The number of hydrogen-bond acceptors (Lipinski definition) is 10. The van der Waals surface area contributed by atoms with Gasteiger partial charge in [-0.1, -0.05) is 77.5 Å². The predicted molar refractivity (Wildman–Crippen MR) is 155 cm³/mol. The maximum absolute atomic E-state index is 14.2. The molecule has 2 aromatic heterocycles. The first-order valence-corrected chi connectivity index (χ1v) is 14.9. The number of benzene rings is 2. The van der Waals surface area contributed by atoms with Crippen molar-refractivity contribution < 1.29 is 27.1 Å². The maximum Gasteiger partial charge on any atom is 0.400 e. The van der Waals surface area contributed by atoms with Crippen molar-refractivity contribution in [3.63, 3.8) is 0 Å². The van der Waals surface area contributed by atoms with E-state index in [0.717, 1.165) is 28.0 Å². The Hall–Kier alpha value is -4.10. The maximum atomic E-state index is 14.2. The van der Waals surface area contributed by atoms with Gasteiger partial charge in [-0.3, -0.25) is 9.79 Å². The van der Waals surface area contributed by atoms with Crippen LogP contribution in [0.5, 0.6) is 0 Å². The molecule has 0 bridgehead atoms. The lowest BCUT2D eigenvalue weighted by molar-refractivity contribution is -0.212. The molecule has 2 fully saturated rings. The Bertz CT molecular complexity index is 1680. The molecule has 2 aliphatic heterocycles. The summed E-state index contributed by atoms with van der Waals surface area (Å²) in [5.41, 5.74) is 1.44. The zero-order valence-electron chi connectivity index (χ0n) is 22.9. The van der Waals surface area contributed by atoms with E-state index in [2.05, 4.69) is 20.5 Å². The summed E-state index contributed by atoms with van der Waals surface area (Å²) in [6.07, 6.45) is -4.82. The van der Waals surface area contributed by atoms with E-state index in [1.807, 2.05) is 59.5 Å². The zero-order valence-corrected chi connectivity index (χ0v) is 23.7. The van der Waals surface area contributed by atoms with Gasteiger partial charge in [-0.15, -0.1) is 5.10 Å². The number of morpholine rings is 1. The smallest absolute Gasteiger partial charge is 0.400 e. The number of carbonyl (C=O) groups is 1. The molecular weight excluding hydrogens is 581 g/mol. The van der Waals surface area contributed by atoms with Crippen LogP contribution in [0.4, 0.5) is 24.2 Å². The van der Waals surface area contributed by atoms with Gasteiger partial charge < -0.3 is 19.4 Å². The number of aromatic nitrogens is 3. The van der Waals surface area contributed by atoms with Crippen molar-refractivity contribution in [2.45, 2.75) is 43.4 Å². The number of nitrogens with zero attached hydrogens (tertiary/aromatic N) is 5. The van der Waals surface area contributed by atoms with Crippen LogP contribution in [-0.2, 0) is 21.4 Å². The van der Waals surface area contributed by atoms with E-state index in [0.29, 0.717) is 43.4 Å². The van der Waals surface area contributed by atoms with Crippen molar-refractivity contribution in [1.82, 2.24) is 15.2 Å². The van der Waals surface area contributed by atoms with Gasteiger partial charge in [0.1, 0.15) is 15.4 Å². The van der Waals surface area contributed by atoms with E-state index >= 15 is 0 Å². The lowest BCUT2D eigenvalue weighted by atomic mass is 9.68. The minimum Gasteiger partial charge on any atom is -0.402 e. The van der Waals surface area contributed by atoms with Crippen LogP contribution in [0.15, 0.2) is 64.0 Å². The minimum atomic E-state index is -4.42. The van der Waals surface area contributed by atoms with Crippen molar-refractivity contribution in [3.8, 4) is 11.6 Å². The monoisotopic (exact) mass is 608 g/mol. The van der Waals surface area contributed by atoms with Crippen molar-refractivity contribution in [1.29, 1.82) is 0 Å². The minimum absolute atomic E-state index is 0.00340. The van der Waals surface area contributed by atoms with Gasteiger partial charge in [0.15, 0.2) is 17.6 Å². The van der Waals surface area contributed by atoms with Crippen molar-refractivity contribution in [2.24, 2.45) is 4.99 Å². The van der Waals surface area contributed by atoms with E-state index in [4.69, 9.17) is 14.1 Å². The molecule has 0 spiro atoms. The second-order valence-electron chi connectivity index (χ2n) is 10.8. The number of ketones is 1. The van der Waals surface area contributed by atoms with Gasteiger partial charge in [-0.05, 0) is 18.4 Å². The first-order chi connectivity index (χ1) is 20.8. The van der Waals surface area contributed by atoms with Crippen LogP contribution in [-0.4, -0.2) is 65.3 Å². The molecule has 1 saturated heterocycles. The summed E-state index contributed by atoms with van der Waals surface area (Å²) in [5.74, 6) is -0.222. The fourth-order valence-electron chi connectivity index (χ4n) is 5.68.